The van der Waals surface area contributed by atoms with E-state index in [1.165, 1.54) is 0 Å². The minimum Gasteiger partial charge on any atom is -0.484 e. The Balaban J connectivity index is 2.14. The molecule has 8 heteroatoms. The number of carbonyl (C=O) groups is 1. The first kappa shape index (κ1) is 17.9. The molecule has 0 atom stereocenters. The van der Waals surface area contributed by atoms with Gasteiger partial charge in [-0.05, 0) is 37.6 Å². The standard InChI is InChI=1S/C19H18N6O2/c1-10-18(11(2)25-24-10)16-7-14(15(8-20)19(22)23-16)12-4-3-5-13(6-12)27-9-17(21)26/h3-7H,9H2,1-2H3,(H2,21,26)(H2,22,23)(H,24,25). The number of rotatable bonds is 5. The lowest BCUT2D eigenvalue weighted by Gasteiger charge is -2.12. The number of aromatic amines is 1. The number of pyridine rings is 1. The number of benzene rings is 1. The fraction of sp³-hybridized carbons (Fsp3) is 0.158. The third kappa shape index (κ3) is 3.57. The van der Waals surface area contributed by atoms with Gasteiger partial charge >= 0.3 is 0 Å². The zero-order valence-electron chi connectivity index (χ0n) is 14.9. The van der Waals surface area contributed by atoms with Crippen molar-refractivity contribution >= 4 is 11.7 Å². The Hall–Kier alpha value is -3.86. The minimum absolute atomic E-state index is 0.133. The first-order chi connectivity index (χ1) is 12.9. The Morgan fingerprint density at radius 2 is 2.11 bits per heavy atom. The van der Waals surface area contributed by atoms with Crippen molar-refractivity contribution < 1.29 is 9.53 Å². The minimum atomic E-state index is -0.570. The number of ether oxygens (including phenoxy) is 1. The Labute approximate surface area is 155 Å². The number of primary amides is 1. The molecule has 136 valence electrons. The molecule has 1 aromatic carbocycles. The molecule has 27 heavy (non-hydrogen) atoms. The molecule has 0 fully saturated rings. The van der Waals surface area contributed by atoms with E-state index < -0.39 is 5.91 Å². The van der Waals surface area contributed by atoms with Gasteiger partial charge in [0.15, 0.2) is 6.61 Å². The van der Waals surface area contributed by atoms with Crippen LogP contribution in [-0.2, 0) is 4.79 Å². The summed E-state index contributed by atoms with van der Waals surface area (Å²) in [4.78, 5) is 15.3. The summed E-state index contributed by atoms with van der Waals surface area (Å²) >= 11 is 0. The van der Waals surface area contributed by atoms with Crippen LogP contribution in [0.3, 0.4) is 0 Å². The summed E-state index contributed by atoms with van der Waals surface area (Å²) in [6, 6.07) is 10.9. The molecule has 0 aliphatic rings. The second-order valence-corrected chi connectivity index (χ2v) is 6.02. The van der Waals surface area contributed by atoms with Crippen molar-refractivity contribution in [1.29, 1.82) is 5.26 Å². The fourth-order valence-corrected chi connectivity index (χ4v) is 2.87. The highest BCUT2D eigenvalue weighted by Gasteiger charge is 2.17. The number of nitrogens with two attached hydrogens (primary N) is 2. The number of H-pyrrole nitrogens is 1. The van der Waals surface area contributed by atoms with Gasteiger partial charge in [-0.15, -0.1) is 0 Å². The number of carbonyl (C=O) groups excluding carboxylic acids is 1. The summed E-state index contributed by atoms with van der Waals surface area (Å²) in [5.41, 5.74) is 15.9. The molecule has 8 nitrogen and oxygen atoms in total. The van der Waals surface area contributed by atoms with Gasteiger partial charge in [0.05, 0.1) is 11.4 Å². The smallest absolute Gasteiger partial charge is 0.255 e. The van der Waals surface area contributed by atoms with E-state index in [1.54, 1.807) is 24.3 Å². The van der Waals surface area contributed by atoms with E-state index in [2.05, 4.69) is 21.3 Å². The van der Waals surface area contributed by atoms with Gasteiger partial charge in [0.2, 0.25) is 0 Å². The van der Waals surface area contributed by atoms with Gasteiger partial charge in [-0.25, -0.2) is 4.98 Å². The maximum absolute atomic E-state index is 10.9. The summed E-state index contributed by atoms with van der Waals surface area (Å²) < 4.78 is 5.35. The van der Waals surface area contributed by atoms with E-state index in [1.807, 2.05) is 19.9 Å². The molecule has 0 saturated carbocycles. The molecule has 0 unspecified atom stereocenters. The van der Waals surface area contributed by atoms with E-state index >= 15 is 0 Å². The monoisotopic (exact) mass is 362 g/mol. The van der Waals surface area contributed by atoms with Crippen LogP contribution in [-0.4, -0.2) is 27.7 Å². The SMILES string of the molecule is Cc1n[nH]c(C)c1-c1cc(-c2cccc(OCC(N)=O)c2)c(C#N)c(N)n1. The van der Waals surface area contributed by atoms with Crippen LogP contribution in [0.1, 0.15) is 17.0 Å². The van der Waals surface area contributed by atoms with Crippen LogP contribution in [0.15, 0.2) is 30.3 Å². The molecule has 0 bridgehead atoms. The largest absolute Gasteiger partial charge is 0.484 e. The predicted octanol–water partition coefficient (Wildman–Crippen LogP) is 2.07. The highest BCUT2D eigenvalue weighted by atomic mass is 16.5. The van der Waals surface area contributed by atoms with Crippen LogP contribution in [0, 0.1) is 25.2 Å². The van der Waals surface area contributed by atoms with E-state index in [4.69, 9.17) is 16.2 Å². The van der Waals surface area contributed by atoms with E-state index in [9.17, 15) is 10.1 Å². The molecule has 0 saturated heterocycles. The molecule has 3 rings (SSSR count). The highest BCUT2D eigenvalue weighted by molar-refractivity contribution is 5.81. The summed E-state index contributed by atoms with van der Waals surface area (Å²) in [6.07, 6.45) is 0. The van der Waals surface area contributed by atoms with Crippen molar-refractivity contribution in [3.05, 3.63) is 47.3 Å². The number of aromatic nitrogens is 3. The maximum atomic E-state index is 10.9. The van der Waals surface area contributed by atoms with Crippen molar-refractivity contribution in [3.63, 3.8) is 0 Å². The molecule has 0 aliphatic heterocycles. The molecular formula is C19H18N6O2. The Morgan fingerprint density at radius 3 is 2.74 bits per heavy atom. The molecule has 3 aromatic rings. The predicted molar refractivity (Wildman–Crippen MR) is 101 cm³/mol. The van der Waals surface area contributed by atoms with E-state index in [-0.39, 0.29) is 18.0 Å². The van der Waals surface area contributed by atoms with Gasteiger partial charge < -0.3 is 16.2 Å². The number of nitrogens with zero attached hydrogens (tertiary/aromatic N) is 3. The van der Waals surface area contributed by atoms with Crippen molar-refractivity contribution in [2.24, 2.45) is 5.73 Å². The lowest BCUT2D eigenvalue weighted by Crippen LogP contribution is -2.19. The van der Waals surface area contributed by atoms with E-state index in [0.29, 0.717) is 22.6 Å². The van der Waals surface area contributed by atoms with Crippen LogP contribution >= 0.6 is 0 Å². The normalized spacial score (nSPS) is 10.4. The zero-order valence-corrected chi connectivity index (χ0v) is 14.9. The van der Waals surface area contributed by atoms with Crippen LogP contribution in [0.2, 0.25) is 0 Å². The summed E-state index contributed by atoms with van der Waals surface area (Å²) in [5, 5.41) is 16.7. The number of nitrogen functional groups attached to an aromatic ring is 1. The lowest BCUT2D eigenvalue weighted by molar-refractivity contribution is -0.119. The number of hydrogen-bond acceptors (Lipinski definition) is 6. The quantitative estimate of drug-likeness (QED) is 0.634. The van der Waals surface area contributed by atoms with Crippen LogP contribution in [0.5, 0.6) is 5.75 Å². The van der Waals surface area contributed by atoms with Crippen LogP contribution < -0.4 is 16.2 Å². The fourth-order valence-electron chi connectivity index (χ4n) is 2.87. The zero-order chi connectivity index (χ0) is 19.6. The number of anilines is 1. The second-order valence-electron chi connectivity index (χ2n) is 6.02. The molecule has 5 N–H and O–H groups in total. The maximum Gasteiger partial charge on any atom is 0.255 e. The first-order valence-corrected chi connectivity index (χ1v) is 8.14. The van der Waals surface area contributed by atoms with Gasteiger partial charge in [0.1, 0.15) is 23.2 Å². The molecule has 1 amide bonds. The molecule has 2 heterocycles. The molecule has 0 spiro atoms. The van der Waals surface area contributed by atoms with Gasteiger partial charge in [0, 0.05) is 16.8 Å². The van der Waals surface area contributed by atoms with Gasteiger partial charge in [-0.1, -0.05) is 12.1 Å². The number of nitrogens with one attached hydrogen (secondary N) is 1. The number of nitriles is 1. The topological polar surface area (TPSA) is 144 Å². The Kier molecular flexibility index (Phi) is 4.77. The molecule has 2 aromatic heterocycles. The summed E-state index contributed by atoms with van der Waals surface area (Å²) in [7, 11) is 0. The number of amides is 1. The van der Waals surface area contributed by atoms with Crippen molar-refractivity contribution in [1.82, 2.24) is 15.2 Å². The van der Waals surface area contributed by atoms with Crippen LogP contribution in [0.25, 0.3) is 22.4 Å². The molecular weight excluding hydrogens is 344 g/mol. The molecule has 0 aliphatic carbocycles. The molecule has 0 radical (unpaired) electrons. The van der Waals surface area contributed by atoms with E-state index in [0.717, 1.165) is 17.0 Å². The third-order valence-electron chi connectivity index (χ3n) is 4.07. The van der Waals surface area contributed by atoms with Crippen molar-refractivity contribution in [2.45, 2.75) is 13.8 Å². The van der Waals surface area contributed by atoms with Crippen molar-refractivity contribution in [3.8, 4) is 34.2 Å². The number of hydrogen-bond donors (Lipinski definition) is 3. The van der Waals surface area contributed by atoms with Crippen molar-refractivity contribution in [2.75, 3.05) is 12.3 Å². The Bertz CT molecular complexity index is 1050. The van der Waals surface area contributed by atoms with Gasteiger partial charge in [-0.3, -0.25) is 9.89 Å². The average molecular weight is 362 g/mol. The van der Waals surface area contributed by atoms with Crippen LogP contribution in [0.4, 0.5) is 5.82 Å². The van der Waals surface area contributed by atoms with Gasteiger partial charge in [-0.2, -0.15) is 10.4 Å². The van der Waals surface area contributed by atoms with Gasteiger partial charge in [0.25, 0.3) is 5.91 Å². The Morgan fingerprint density at radius 1 is 1.33 bits per heavy atom. The summed E-state index contributed by atoms with van der Waals surface area (Å²) in [6.45, 7) is 3.53. The third-order valence-corrected chi connectivity index (χ3v) is 4.07. The summed E-state index contributed by atoms with van der Waals surface area (Å²) in [5.74, 6) is 0.0238. The first-order valence-electron chi connectivity index (χ1n) is 8.14. The highest BCUT2D eigenvalue weighted by Crippen LogP contribution is 2.34. The lowest BCUT2D eigenvalue weighted by atomic mass is 9.98. The average Bonchev–Trinajstić information content (AvgIpc) is 2.98. The second kappa shape index (κ2) is 7.17. The number of aryl methyl sites for hydroxylation is 2.